The van der Waals surface area contributed by atoms with Crippen molar-refractivity contribution in [2.45, 2.75) is 13.0 Å². The van der Waals surface area contributed by atoms with Crippen molar-refractivity contribution in [3.8, 4) is 0 Å². The van der Waals surface area contributed by atoms with Crippen LogP contribution in [0.5, 0.6) is 0 Å². The second kappa shape index (κ2) is 8.82. The average Bonchev–Trinajstić information content (AvgIpc) is 2.46. The van der Waals surface area contributed by atoms with Crippen molar-refractivity contribution in [1.82, 2.24) is 4.90 Å². The molecule has 2 rings (SSSR count). The van der Waals surface area contributed by atoms with E-state index in [0.717, 1.165) is 18.8 Å². The summed E-state index contributed by atoms with van der Waals surface area (Å²) in [5.74, 6) is -0.433. The minimum Gasteiger partial charge on any atom is -0.368 e. The quantitative estimate of drug-likeness (QED) is 0.837. The van der Waals surface area contributed by atoms with E-state index in [0.29, 0.717) is 18.7 Å². The van der Waals surface area contributed by atoms with Gasteiger partial charge in [0.15, 0.2) is 0 Å². The second-order valence-corrected chi connectivity index (χ2v) is 5.01. The van der Waals surface area contributed by atoms with Gasteiger partial charge in [0, 0.05) is 37.4 Å². The first kappa shape index (κ1) is 20.5. The summed E-state index contributed by atoms with van der Waals surface area (Å²) in [7, 11) is 0. The van der Waals surface area contributed by atoms with Crippen LogP contribution in [0, 0.1) is 0 Å². The van der Waals surface area contributed by atoms with Gasteiger partial charge < -0.3 is 21.3 Å². The Morgan fingerprint density at radius 3 is 1.95 bits per heavy atom. The number of primary amides is 1. The molecular formula is C14H22Cl2N4O2. The van der Waals surface area contributed by atoms with E-state index < -0.39 is 11.9 Å². The van der Waals surface area contributed by atoms with Gasteiger partial charge in [0.2, 0.25) is 11.8 Å². The van der Waals surface area contributed by atoms with Crippen LogP contribution >= 0.6 is 24.8 Å². The molecule has 0 aromatic heterocycles. The molecule has 124 valence electrons. The molecule has 4 N–H and O–H groups in total. The fourth-order valence-electron chi connectivity index (χ4n) is 2.31. The van der Waals surface area contributed by atoms with E-state index in [-0.39, 0.29) is 30.7 Å². The maximum Gasteiger partial charge on any atom is 0.248 e. The van der Waals surface area contributed by atoms with Gasteiger partial charge >= 0.3 is 0 Å². The van der Waals surface area contributed by atoms with Crippen molar-refractivity contribution in [2.24, 2.45) is 11.5 Å². The maximum atomic E-state index is 11.8. The molecule has 0 radical (unpaired) electrons. The number of carbonyl (C=O) groups is 2. The van der Waals surface area contributed by atoms with Crippen LogP contribution in [0.15, 0.2) is 24.3 Å². The zero-order valence-electron chi connectivity index (χ0n) is 12.4. The number of hydrogen-bond donors (Lipinski definition) is 2. The van der Waals surface area contributed by atoms with Crippen LogP contribution in [0.2, 0.25) is 0 Å². The van der Waals surface area contributed by atoms with Gasteiger partial charge in [-0.15, -0.1) is 24.8 Å². The lowest BCUT2D eigenvalue weighted by Crippen LogP contribution is -2.52. The van der Waals surface area contributed by atoms with Crippen molar-refractivity contribution in [2.75, 3.05) is 31.1 Å². The van der Waals surface area contributed by atoms with Gasteiger partial charge in [0.05, 0.1) is 6.04 Å². The normalized spacial score (nSPS) is 15.4. The van der Waals surface area contributed by atoms with E-state index >= 15 is 0 Å². The third kappa shape index (κ3) is 4.76. The molecule has 6 nitrogen and oxygen atoms in total. The van der Waals surface area contributed by atoms with Gasteiger partial charge in [-0.2, -0.15) is 0 Å². The topological polar surface area (TPSA) is 92.7 Å². The number of nitrogens with zero attached hydrogens (tertiary/aromatic N) is 2. The highest BCUT2D eigenvalue weighted by atomic mass is 35.5. The highest BCUT2D eigenvalue weighted by Gasteiger charge is 2.23. The molecule has 1 heterocycles. The molecule has 1 aliphatic rings. The third-order valence-corrected chi connectivity index (χ3v) is 3.50. The first-order chi connectivity index (χ1) is 9.49. The van der Waals surface area contributed by atoms with Gasteiger partial charge in [0.1, 0.15) is 0 Å². The van der Waals surface area contributed by atoms with Crippen molar-refractivity contribution in [3.05, 3.63) is 29.8 Å². The summed E-state index contributed by atoms with van der Waals surface area (Å²) in [5, 5.41) is 0. The second-order valence-electron chi connectivity index (χ2n) is 5.01. The Labute approximate surface area is 142 Å². The molecule has 1 saturated heterocycles. The predicted octanol–water partition coefficient (Wildman–Crippen LogP) is 0.625. The van der Waals surface area contributed by atoms with Gasteiger partial charge in [0.25, 0.3) is 0 Å². The highest BCUT2D eigenvalue weighted by Crippen LogP contribution is 2.17. The lowest BCUT2D eigenvalue weighted by Gasteiger charge is -2.36. The summed E-state index contributed by atoms with van der Waals surface area (Å²) in [6.45, 7) is 4.55. The molecule has 1 aromatic carbocycles. The predicted molar refractivity (Wildman–Crippen MR) is 91.9 cm³/mol. The summed E-state index contributed by atoms with van der Waals surface area (Å²) in [6.07, 6.45) is 0. The Balaban J connectivity index is 0.00000220. The number of anilines is 1. The molecule has 22 heavy (non-hydrogen) atoms. The maximum absolute atomic E-state index is 11.8. The van der Waals surface area contributed by atoms with Gasteiger partial charge in [-0.3, -0.25) is 9.59 Å². The molecule has 2 amide bonds. The third-order valence-electron chi connectivity index (χ3n) is 3.50. The molecule has 0 unspecified atom stereocenters. The Morgan fingerprint density at radius 2 is 1.55 bits per heavy atom. The van der Waals surface area contributed by atoms with Crippen LogP contribution in [-0.2, 0) is 4.79 Å². The Hall–Kier alpha value is -1.50. The zero-order valence-corrected chi connectivity index (χ0v) is 14.0. The van der Waals surface area contributed by atoms with E-state index in [1.165, 1.54) is 0 Å². The smallest absolute Gasteiger partial charge is 0.248 e. The summed E-state index contributed by atoms with van der Waals surface area (Å²) < 4.78 is 0. The van der Waals surface area contributed by atoms with Gasteiger partial charge in [-0.05, 0) is 31.2 Å². The number of benzene rings is 1. The Bertz CT molecular complexity index is 500. The lowest BCUT2D eigenvalue weighted by atomic mass is 10.1. The SMILES string of the molecule is C[C@@H](N)C(=O)N1CCN(c2ccc(C(N)=O)cc2)CC1.Cl.Cl. The van der Waals surface area contributed by atoms with Gasteiger partial charge in [-0.25, -0.2) is 0 Å². The van der Waals surface area contributed by atoms with Crippen LogP contribution in [-0.4, -0.2) is 48.9 Å². The van der Waals surface area contributed by atoms with E-state index in [2.05, 4.69) is 4.90 Å². The zero-order chi connectivity index (χ0) is 14.7. The number of halogens is 2. The molecule has 8 heteroatoms. The number of nitrogens with two attached hydrogens (primary N) is 2. The standard InChI is InChI=1S/C14H20N4O2.2ClH/c1-10(15)14(20)18-8-6-17(7-9-18)12-4-2-11(3-5-12)13(16)19;;/h2-5,10H,6-9,15H2,1H3,(H2,16,19);2*1H/t10-;;/m1../s1. The van der Waals surface area contributed by atoms with E-state index in [4.69, 9.17) is 11.5 Å². The minimum absolute atomic E-state index is 0. The van der Waals surface area contributed by atoms with Crippen molar-refractivity contribution in [3.63, 3.8) is 0 Å². The van der Waals surface area contributed by atoms with Crippen LogP contribution in [0.3, 0.4) is 0 Å². The van der Waals surface area contributed by atoms with Crippen molar-refractivity contribution >= 4 is 42.3 Å². The fraction of sp³-hybridized carbons (Fsp3) is 0.429. The molecule has 0 spiro atoms. The van der Waals surface area contributed by atoms with Crippen LogP contribution in [0.4, 0.5) is 5.69 Å². The molecule has 1 fully saturated rings. The minimum atomic E-state index is -0.448. The summed E-state index contributed by atoms with van der Waals surface area (Å²) in [4.78, 5) is 26.8. The number of amides is 2. The average molecular weight is 349 g/mol. The molecule has 0 bridgehead atoms. The molecular weight excluding hydrogens is 327 g/mol. The van der Waals surface area contributed by atoms with Crippen LogP contribution in [0.25, 0.3) is 0 Å². The first-order valence-corrected chi connectivity index (χ1v) is 6.68. The number of hydrogen-bond acceptors (Lipinski definition) is 4. The van der Waals surface area contributed by atoms with E-state index in [1.807, 2.05) is 12.1 Å². The number of piperazine rings is 1. The fourth-order valence-corrected chi connectivity index (χ4v) is 2.31. The monoisotopic (exact) mass is 348 g/mol. The van der Waals surface area contributed by atoms with Crippen molar-refractivity contribution < 1.29 is 9.59 Å². The molecule has 1 atom stereocenters. The van der Waals surface area contributed by atoms with Gasteiger partial charge in [-0.1, -0.05) is 0 Å². The number of carbonyl (C=O) groups excluding carboxylic acids is 2. The van der Waals surface area contributed by atoms with Crippen LogP contribution < -0.4 is 16.4 Å². The van der Waals surface area contributed by atoms with E-state index in [9.17, 15) is 9.59 Å². The molecule has 0 saturated carbocycles. The molecule has 1 aromatic rings. The molecule has 0 aliphatic carbocycles. The highest BCUT2D eigenvalue weighted by molar-refractivity contribution is 5.93. The molecule has 1 aliphatic heterocycles. The largest absolute Gasteiger partial charge is 0.368 e. The Morgan fingerprint density at radius 1 is 1.05 bits per heavy atom. The Kier molecular flexibility index (Phi) is 8.22. The van der Waals surface area contributed by atoms with Crippen molar-refractivity contribution in [1.29, 1.82) is 0 Å². The number of rotatable bonds is 3. The lowest BCUT2D eigenvalue weighted by molar-refractivity contribution is -0.132. The van der Waals surface area contributed by atoms with E-state index in [1.54, 1.807) is 24.0 Å². The summed E-state index contributed by atoms with van der Waals surface area (Å²) in [5.41, 5.74) is 12.4. The van der Waals surface area contributed by atoms with Crippen LogP contribution in [0.1, 0.15) is 17.3 Å². The summed E-state index contributed by atoms with van der Waals surface area (Å²) >= 11 is 0. The first-order valence-electron chi connectivity index (χ1n) is 6.68. The summed E-state index contributed by atoms with van der Waals surface area (Å²) in [6, 6.07) is 6.75.